The smallest absolute Gasteiger partial charge is 0.358 e. The van der Waals surface area contributed by atoms with Crippen molar-refractivity contribution in [3.05, 3.63) is 17.5 Å². The van der Waals surface area contributed by atoms with Gasteiger partial charge in [-0.3, -0.25) is 4.68 Å². The molecule has 0 radical (unpaired) electrons. The van der Waals surface area contributed by atoms with Crippen molar-refractivity contribution in [2.75, 3.05) is 6.61 Å². The zero-order chi connectivity index (χ0) is 10.8. The highest BCUT2D eigenvalue weighted by atomic mass is 16.5. The fourth-order valence-corrected chi connectivity index (χ4v) is 1.54. The van der Waals surface area contributed by atoms with Gasteiger partial charge in [0.1, 0.15) is 0 Å². The predicted octanol–water partition coefficient (Wildman–Crippen LogP) is 1.78. The minimum Gasteiger partial charge on any atom is -0.461 e. The van der Waals surface area contributed by atoms with Gasteiger partial charge < -0.3 is 4.74 Å². The molecule has 0 atom stereocenters. The molecule has 0 bridgehead atoms. The maximum absolute atomic E-state index is 11.4. The molecule has 0 amide bonds. The molecule has 0 N–H and O–H groups in total. The van der Waals surface area contributed by atoms with E-state index in [-0.39, 0.29) is 5.97 Å². The lowest BCUT2D eigenvalue weighted by molar-refractivity contribution is 0.0518. The van der Waals surface area contributed by atoms with Crippen LogP contribution in [-0.4, -0.2) is 22.4 Å². The van der Waals surface area contributed by atoms with Crippen molar-refractivity contribution in [3.63, 3.8) is 0 Å². The van der Waals surface area contributed by atoms with E-state index in [9.17, 15) is 4.79 Å². The highest BCUT2D eigenvalue weighted by Gasteiger charge is 2.23. The van der Waals surface area contributed by atoms with Gasteiger partial charge in [0.25, 0.3) is 0 Å². The number of carbonyl (C=O) groups is 1. The van der Waals surface area contributed by atoms with E-state index >= 15 is 0 Å². The van der Waals surface area contributed by atoms with E-state index in [2.05, 4.69) is 5.10 Å². The minimum atomic E-state index is -0.324. The Morgan fingerprint density at radius 2 is 2.40 bits per heavy atom. The minimum absolute atomic E-state index is 0.324. The molecule has 4 heteroatoms. The highest BCUT2D eigenvalue weighted by Crippen LogP contribution is 2.30. The Morgan fingerprint density at radius 3 is 3.00 bits per heavy atom. The topological polar surface area (TPSA) is 44.1 Å². The van der Waals surface area contributed by atoms with E-state index in [1.54, 1.807) is 13.0 Å². The van der Waals surface area contributed by atoms with Crippen LogP contribution in [0.25, 0.3) is 0 Å². The quantitative estimate of drug-likeness (QED) is 0.708. The van der Waals surface area contributed by atoms with Crippen molar-refractivity contribution in [2.45, 2.75) is 33.2 Å². The van der Waals surface area contributed by atoms with E-state index in [1.165, 1.54) is 12.8 Å². The van der Waals surface area contributed by atoms with Crippen molar-refractivity contribution in [2.24, 2.45) is 5.92 Å². The number of aryl methyl sites for hydroxylation is 1. The summed E-state index contributed by atoms with van der Waals surface area (Å²) in [5.74, 6) is 0.439. The molecule has 1 aliphatic carbocycles. The average molecular weight is 208 g/mol. The van der Waals surface area contributed by atoms with Gasteiger partial charge >= 0.3 is 5.97 Å². The van der Waals surface area contributed by atoms with E-state index in [0.717, 1.165) is 18.2 Å². The van der Waals surface area contributed by atoms with Gasteiger partial charge in [0.05, 0.1) is 6.61 Å². The fourth-order valence-electron chi connectivity index (χ4n) is 1.54. The Morgan fingerprint density at radius 1 is 1.67 bits per heavy atom. The second-order valence-corrected chi connectivity index (χ2v) is 4.02. The molecule has 1 aromatic heterocycles. The van der Waals surface area contributed by atoms with Crippen LogP contribution in [0.2, 0.25) is 0 Å². The predicted molar refractivity (Wildman–Crippen MR) is 55.6 cm³/mol. The summed E-state index contributed by atoms with van der Waals surface area (Å²) in [7, 11) is 0. The van der Waals surface area contributed by atoms with Gasteiger partial charge in [-0.25, -0.2) is 4.79 Å². The summed E-state index contributed by atoms with van der Waals surface area (Å²) >= 11 is 0. The number of hydrogen-bond acceptors (Lipinski definition) is 3. The van der Waals surface area contributed by atoms with Crippen molar-refractivity contribution in [3.8, 4) is 0 Å². The molecule has 1 aliphatic rings. The number of esters is 1. The Kier molecular flexibility index (Phi) is 2.75. The molecule has 2 rings (SSSR count). The van der Waals surface area contributed by atoms with Gasteiger partial charge in [0.15, 0.2) is 5.69 Å². The van der Waals surface area contributed by atoms with Crippen LogP contribution in [0.5, 0.6) is 0 Å². The second kappa shape index (κ2) is 4.04. The monoisotopic (exact) mass is 208 g/mol. The average Bonchev–Trinajstić information content (AvgIpc) is 2.92. The van der Waals surface area contributed by atoms with Crippen molar-refractivity contribution in [1.82, 2.24) is 9.78 Å². The zero-order valence-electron chi connectivity index (χ0n) is 9.19. The third-order valence-electron chi connectivity index (χ3n) is 2.59. The molecule has 0 aliphatic heterocycles. The Balaban J connectivity index is 2.08. The van der Waals surface area contributed by atoms with Crippen LogP contribution in [0.1, 0.15) is 35.9 Å². The fraction of sp³-hybridized carbons (Fsp3) is 0.636. The van der Waals surface area contributed by atoms with Crippen molar-refractivity contribution >= 4 is 5.97 Å². The second-order valence-electron chi connectivity index (χ2n) is 4.02. The van der Waals surface area contributed by atoms with E-state index in [4.69, 9.17) is 4.74 Å². The standard InChI is InChI=1S/C11H16N2O2/c1-3-15-11(14)10-6-8(2)13(12-10)7-9-4-5-9/h6,9H,3-5,7H2,1-2H3. The van der Waals surface area contributed by atoms with Gasteiger partial charge in [-0.05, 0) is 38.7 Å². The number of carbonyl (C=O) groups excluding carboxylic acids is 1. The first kappa shape index (κ1) is 10.2. The maximum atomic E-state index is 11.4. The molecule has 0 saturated heterocycles. The first-order chi connectivity index (χ1) is 7.20. The lowest BCUT2D eigenvalue weighted by Gasteiger charge is -2.01. The number of aromatic nitrogens is 2. The van der Waals surface area contributed by atoms with Gasteiger partial charge in [-0.2, -0.15) is 5.10 Å². The summed E-state index contributed by atoms with van der Waals surface area (Å²) in [5, 5.41) is 4.25. The van der Waals surface area contributed by atoms with Crippen LogP contribution >= 0.6 is 0 Å². The Hall–Kier alpha value is -1.32. The first-order valence-corrected chi connectivity index (χ1v) is 5.42. The van der Waals surface area contributed by atoms with Gasteiger partial charge in [-0.15, -0.1) is 0 Å². The molecule has 15 heavy (non-hydrogen) atoms. The Labute approximate surface area is 89.2 Å². The van der Waals surface area contributed by atoms with Crippen LogP contribution in [0, 0.1) is 12.8 Å². The van der Waals surface area contributed by atoms with Gasteiger partial charge in [0, 0.05) is 12.2 Å². The van der Waals surface area contributed by atoms with E-state index in [1.807, 2.05) is 11.6 Å². The first-order valence-electron chi connectivity index (χ1n) is 5.42. The third-order valence-corrected chi connectivity index (χ3v) is 2.59. The molecule has 1 fully saturated rings. The molecule has 0 aromatic carbocycles. The molecule has 4 nitrogen and oxygen atoms in total. The van der Waals surface area contributed by atoms with Crippen molar-refractivity contribution < 1.29 is 9.53 Å². The SMILES string of the molecule is CCOC(=O)c1cc(C)n(CC2CC2)n1. The molecular weight excluding hydrogens is 192 g/mol. The summed E-state index contributed by atoms with van der Waals surface area (Å²) in [6.07, 6.45) is 2.57. The third kappa shape index (κ3) is 2.37. The lowest BCUT2D eigenvalue weighted by atomic mass is 10.3. The summed E-state index contributed by atoms with van der Waals surface area (Å²) in [6, 6.07) is 1.79. The van der Waals surface area contributed by atoms with E-state index in [0.29, 0.717) is 12.3 Å². The largest absolute Gasteiger partial charge is 0.461 e. The molecule has 1 aromatic rings. The number of ether oxygens (including phenoxy) is 1. The van der Waals surface area contributed by atoms with Crippen LogP contribution < -0.4 is 0 Å². The van der Waals surface area contributed by atoms with Crippen LogP contribution in [0.4, 0.5) is 0 Å². The summed E-state index contributed by atoms with van der Waals surface area (Å²) in [5.41, 5.74) is 1.46. The summed E-state index contributed by atoms with van der Waals surface area (Å²) in [6.45, 7) is 5.10. The lowest BCUT2D eigenvalue weighted by Crippen LogP contribution is -2.08. The molecular formula is C11H16N2O2. The summed E-state index contributed by atoms with van der Waals surface area (Å²) < 4.78 is 6.81. The zero-order valence-corrected chi connectivity index (χ0v) is 9.19. The van der Waals surface area contributed by atoms with Gasteiger partial charge in [-0.1, -0.05) is 0 Å². The Bertz CT molecular complexity index is 367. The summed E-state index contributed by atoms with van der Waals surface area (Å²) in [4.78, 5) is 11.4. The molecule has 1 heterocycles. The molecule has 82 valence electrons. The van der Waals surface area contributed by atoms with Crippen LogP contribution in [-0.2, 0) is 11.3 Å². The van der Waals surface area contributed by atoms with E-state index < -0.39 is 0 Å². The number of nitrogens with zero attached hydrogens (tertiary/aromatic N) is 2. The number of hydrogen-bond donors (Lipinski definition) is 0. The van der Waals surface area contributed by atoms with Crippen LogP contribution in [0.3, 0.4) is 0 Å². The highest BCUT2D eigenvalue weighted by molar-refractivity contribution is 5.87. The molecule has 1 saturated carbocycles. The normalized spacial score (nSPS) is 15.3. The van der Waals surface area contributed by atoms with Crippen LogP contribution in [0.15, 0.2) is 6.07 Å². The molecule has 0 spiro atoms. The van der Waals surface area contributed by atoms with Gasteiger partial charge in [0.2, 0.25) is 0 Å². The maximum Gasteiger partial charge on any atom is 0.358 e. The number of rotatable bonds is 4. The molecule has 0 unspecified atom stereocenters. The van der Waals surface area contributed by atoms with Crippen molar-refractivity contribution in [1.29, 1.82) is 0 Å².